The predicted molar refractivity (Wildman–Crippen MR) is 105 cm³/mol. The van der Waals surface area contributed by atoms with E-state index < -0.39 is 10.0 Å². The molecular weight excluding hydrogens is 346 g/mol. The second-order valence-electron chi connectivity index (χ2n) is 7.20. The molecule has 2 aromatic rings. The molecule has 5 nitrogen and oxygen atoms in total. The van der Waals surface area contributed by atoms with Gasteiger partial charge in [-0.3, -0.25) is 0 Å². The first-order chi connectivity index (χ1) is 12.4. The lowest BCUT2D eigenvalue weighted by Gasteiger charge is -2.22. The molecule has 0 aliphatic heterocycles. The first kappa shape index (κ1) is 20.6. The Bertz CT molecular complexity index is 738. The number of aromatic nitrogens is 2. The van der Waals surface area contributed by atoms with Gasteiger partial charge < -0.3 is 4.98 Å². The van der Waals surface area contributed by atoms with E-state index in [9.17, 15) is 8.42 Å². The predicted octanol–water partition coefficient (Wildman–Crippen LogP) is 4.38. The van der Waals surface area contributed by atoms with Gasteiger partial charge in [0.2, 0.25) is 10.0 Å². The second-order valence-corrected chi connectivity index (χ2v) is 9.14. The van der Waals surface area contributed by atoms with Crippen molar-refractivity contribution in [1.29, 1.82) is 0 Å². The van der Waals surface area contributed by atoms with Crippen molar-refractivity contribution in [1.82, 2.24) is 14.3 Å². The summed E-state index contributed by atoms with van der Waals surface area (Å²) in [5.41, 5.74) is 1.99. The summed E-state index contributed by atoms with van der Waals surface area (Å²) in [5, 5.41) is 0. The highest BCUT2D eigenvalue weighted by atomic mass is 32.2. The molecule has 0 amide bonds. The Kier molecular flexibility index (Phi) is 7.85. The Morgan fingerprint density at radius 2 is 1.88 bits per heavy atom. The van der Waals surface area contributed by atoms with Gasteiger partial charge >= 0.3 is 0 Å². The maximum atomic E-state index is 13.1. The Morgan fingerprint density at radius 1 is 1.15 bits per heavy atom. The number of hydrogen-bond donors (Lipinski definition) is 1. The van der Waals surface area contributed by atoms with Gasteiger partial charge in [-0.15, -0.1) is 0 Å². The van der Waals surface area contributed by atoms with Gasteiger partial charge in [-0.2, -0.15) is 4.31 Å². The molecule has 0 atom stereocenters. The fraction of sp³-hybridized carbons (Fsp3) is 0.550. The lowest BCUT2D eigenvalue weighted by Crippen LogP contribution is -2.32. The van der Waals surface area contributed by atoms with E-state index in [1.54, 1.807) is 29.0 Å². The van der Waals surface area contributed by atoms with Gasteiger partial charge in [0.25, 0.3) is 0 Å². The van der Waals surface area contributed by atoms with E-state index in [0.29, 0.717) is 23.9 Å². The van der Waals surface area contributed by atoms with Crippen molar-refractivity contribution < 1.29 is 8.42 Å². The Hall–Kier alpha value is -1.66. The minimum Gasteiger partial charge on any atom is -0.347 e. The summed E-state index contributed by atoms with van der Waals surface area (Å²) in [7, 11) is -3.53. The van der Waals surface area contributed by atoms with Crippen LogP contribution in [0.15, 0.2) is 41.7 Å². The number of hydrogen-bond acceptors (Lipinski definition) is 3. The van der Waals surface area contributed by atoms with Crippen LogP contribution in [-0.2, 0) is 23.0 Å². The zero-order chi connectivity index (χ0) is 19.0. The minimum absolute atomic E-state index is 0.313. The summed E-state index contributed by atoms with van der Waals surface area (Å²) in [6.45, 7) is 7.20. The van der Waals surface area contributed by atoms with Crippen molar-refractivity contribution in [3.05, 3.63) is 48.0 Å². The SMILES string of the molecule is CCCCCc1ccc(S(=O)(=O)N(CCC(C)C)Cc2cnc[nH]2)cc1. The third-order valence-electron chi connectivity index (χ3n) is 4.49. The molecule has 1 heterocycles. The number of sulfonamides is 1. The summed E-state index contributed by atoms with van der Waals surface area (Å²) in [6.07, 6.45) is 8.60. The Labute approximate surface area is 157 Å². The summed E-state index contributed by atoms with van der Waals surface area (Å²) in [5.74, 6) is 0.440. The van der Waals surface area contributed by atoms with E-state index in [1.807, 2.05) is 12.1 Å². The van der Waals surface area contributed by atoms with Gasteiger partial charge in [-0.25, -0.2) is 13.4 Å². The third kappa shape index (κ3) is 5.95. The number of rotatable bonds is 11. The van der Waals surface area contributed by atoms with Crippen molar-refractivity contribution in [3.8, 4) is 0 Å². The van der Waals surface area contributed by atoms with E-state index in [4.69, 9.17) is 0 Å². The molecule has 2 rings (SSSR count). The van der Waals surface area contributed by atoms with Crippen LogP contribution in [0.5, 0.6) is 0 Å². The zero-order valence-corrected chi connectivity index (χ0v) is 16.9. The standard InChI is InChI=1S/C20H31N3O2S/c1-4-5-6-7-18-8-10-20(11-9-18)26(24,25)23(13-12-17(2)3)15-19-14-21-16-22-19/h8-11,14,16-17H,4-7,12-13,15H2,1-3H3,(H,21,22). The quantitative estimate of drug-likeness (QED) is 0.591. The van der Waals surface area contributed by atoms with Crippen molar-refractivity contribution in [2.45, 2.75) is 64.3 Å². The number of unbranched alkanes of at least 4 members (excludes halogenated alkanes) is 2. The largest absolute Gasteiger partial charge is 0.347 e. The number of H-pyrrole nitrogens is 1. The van der Waals surface area contributed by atoms with Crippen LogP contribution in [0.1, 0.15) is 57.7 Å². The van der Waals surface area contributed by atoms with Crippen LogP contribution in [0.2, 0.25) is 0 Å². The van der Waals surface area contributed by atoms with Crippen LogP contribution < -0.4 is 0 Å². The highest BCUT2D eigenvalue weighted by Crippen LogP contribution is 2.20. The molecule has 0 radical (unpaired) electrons. The van der Waals surface area contributed by atoms with Crippen LogP contribution in [0.25, 0.3) is 0 Å². The smallest absolute Gasteiger partial charge is 0.243 e. The molecular formula is C20H31N3O2S. The highest BCUT2D eigenvalue weighted by molar-refractivity contribution is 7.89. The van der Waals surface area contributed by atoms with Crippen molar-refractivity contribution in [2.75, 3.05) is 6.54 Å². The fourth-order valence-corrected chi connectivity index (χ4v) is 4.24. The molecule has 0 unspecified atom stereocenters. The Balaban J connectivity index is 2.15. The molecule has 1 aromatic carbocycles. The van der Waals surface area contributed by atoms with Gasteiger partial charge in [-0.1, -0.05) is 45.7 Å². The molecule has 6 heteroatoms. The monoisotopic (exact) mass is 377 g/mol. The Morgan fingerprint density at radius 3 is 2.46 bits per heavy atom. The zero-order valence-electron chi connectivity index (χ0n) is 16.1. The van der Waals surface area contributed by atoms with Gasteiger partial charge in [0.05, 0.1) is 17.8 Å². The van der Waals surface area contributed by atoms with Crippen LogP contribution in [0, 0.1) is 5.92 Å². The molecule has 0 saturated carbocycles. The van der Waals surface area contributed by atoms with Crippen LogP contribution in [-0.4, -0.2) is 29.2 Å². The first-order valence-electron chi connectivity index (χ1n) is 9.49. The van der Waals surface area contributed by atoms with E-state index >= 15 is 0 Å². The highest BCUT2D eigenvalue weighted by Gasteiger charge is 2.25. The van der Waals surface area contributed by atoms with Crippen LogP contribution in [0.3, 0.4) is 0 Å². The van der Waals surface area contributed by atoms with Crippen LogP contribution in [0.4, 0.5) is 0 Å². The molecule has 26 heavy (non-hydrogen) atoms. The van der Waals surface area contributed by atoms with Gasteiger partial charge in [0.1, 0.15) is 0 Å². The average Bonchev–Trinajstić information content (AvgIpc) is 3.12. The molecule has 0 bridgehead atoms. The number of nitrogens with zero attached hydrogens (tertiary/aromatic N) is 2. The lowest BCUT2D eigenvalue weighted by molar-refractivity contribution is 0.372. The van der Waals surface area contributed by atoms with Crippen LogP contribution >= 0.6 is 0 Å². The summed E-state index contributed by atoms with van der Waals surface area (Å²) >= 11 is 0. The van der Waals surface area contributed by atoms with Crippen molar-refractivity contribution in [2.24, 2.45) is 5.92 Å². The molecule has 144 valence electrons. The number of benzene rings is 1. The average molecular weight is 378 g/mol. The number of nitrogens with one attached hydrogen (secondary N) is 1. The number of aromatic amines is 1. The summed E-state index contributed by atoms with van der Waals surface area (Å²) < 4.78 is 27.8. The molecule has 1 N–H and O–H groups in total. The van der Waals surface area contributed by atoms with E-state index in [2.05, 4.69) is 30.7 Å². The summed E-state index contributed by atoms with van der Waals surface area (Å²) in [4.78, 5) is 7.36. The number of aryl methyl sites for hydroxylation is 1. The lowest BCUT2D eigenvalue weighted by atomic mass is 10.1. The van der Waals surface area contributed by atoms with E-state index in [0.717, 1.165) is 25.0 Å². The minimum atomic E-state index is -3.53. The molecule has 0 saturated heterocycles. The maximum absolute atomic E-state index is 13.1. The normalized spacial score (nSPS) is 12.2. The fourth-order valence-electron chi connectivity index (χ4n) is 2.80. The summed E-state index contributed by atoms with van der Waals surface area (Å²) in [6, 6.07) is 7.37. The van der Waals surface area contributed by atoms with E-state index in [-0.39, 0.29) is 0 Å². The molecule has 0 aliphatic carbocycles. The maximum Gasteiger partial charge on any atom is 0.243 e. The molecule has 0 spiro atoms. The van der Waals surface area contributed by atoms with Crippen molar-refractivity contribution >= 4 is 10.0 Å². The van der Waals surface area contributed by atoms with Gasteiger partial charge in [0, 0.05) is 18.4 Å². The van der Waals surface area contributed by atoms with Crippen molar-refractivity contribution in [3.63, 3.8) is 0 Å². The molecule has 0 aliphatic rings. The third-order valence-corrected chi connectivity index (χ3v) is 6.35. The molecule has 0 fully saturated rings. The second kappa shape index (κ2) is 9.88. The van der Waals surface area contributed by atoms with Gasteiger partial charge in [-0.05, 0) is 42.9 Å². The van der Waals surface area contributed by atoms with Gasteiger partial charge in [0.15, 0.2) is 0 Å². The molecule has 1 aromatic heterocycles. The topological polar surface area (TPSA) is 66.1 Å². The first-order valence-corrected chi connectivity index (χ1v) is 10.9. The van der Waals surface area contributed by atoms with E-state index in [1.165, 1.54) is 18.4 Å². The number of imidazole rings is 1.